The Kier molecular flexibility index (Phi) is 3.51. The van der Waals surface area contributed by atoms with Crippen LogP contribution in [0.5, 0.6) is 0 Å². The average molecular weight is 305 g/mol. The van der Waals surface area contributed by atoms with Crippen LogP contribution >= 0.6 is 11.6 Å². The van der Waals surface area contributed by atoms with E-state index in [2.05, 4.69) is 15.4 Å². The Morgan fingerprint density at radius 3 is 3.00 bits per heavy atom. The molecule has 0 aliphatic heterocycles. The van der Waals surface area contributed by atoms with Gasteiger partial charge in [0.2, 0.25) is 0 Å². The van der Waals surface area contributed by atoms with E-state index >= 15 is 0 Å². The topological polar surface area (TPSA) is 42.7 Å². The van der Waals surface area contributed by atoms with Crippen molar-refractivity contribution in [2.75, 3.05) is 5.32 Å². The SMILES string of the molecule is Cc1nn(C)c2ncc(CNc3cccc(Cl)c3F)cc12. The maximum absolute atomic E-state index is 13.8. The van der Waals surface area contributed by atoms with Crippen molar-refractivity contribution in [2.45, 2.75) is 13.5 Å². The molecule has 21 heavy (non-hydrogen) atoms. The summed E-state index contributed by atoms with van der Waals surface area (Å²) in [6.45, 7) is 2.41. The van der Waals surface area contributed by atoms with Crippen molar-refractivity contribution in [1.29, 1.82) is 0 Å². The summed E-state index contributed by atoms with van der Waals surface area (Å²) in [6.07, 6.45) is 1.76. The van der Waals surface area contributed by atoms with Crippen LogP contribution in [0.4, 0.5) is 10.1 Å². The molecule has 0 aliphatic rings. The van der Waals surface area contributed by atoms with Gasteiger partial charge in [0.05, 0.1) is 16.4 Å². The van der Waals surface area contributed by atoms with E-state index < -0.39 is 5.82 Å². The molecule has 0 saturated carbocycles. The van der Waals surface area contributed by atoms with Gasteiger partial charge in [-0.05, 0) is 30.7 Å². The average Bonchev–Trinajstić information content (AvgIpc) is 2.75. The van der Waals surface area contributed by atoms with Gasteiger partial charge in [0.25, 0.3) is 0 Å². The Morgan fingerprint density at radius 1 is 1.38 bits per heavy atom. The van der Waals surface area contributed by atoms with Crippen LogP contribution in [-0.4, -0.2) is 14.8 Å². The van der Waals surface area contributed by atoms with Gasteiger partial charge in [-0.2, -0.15) is 5.10 Å². The third kappa shape index (κ3) is 2.56. The lowest BCUT2D eigenvalue weighted by Gasteiger charge is -2.08. The molecule has 0 radical (unpaired) electrons. The van der Waals surface area contributed by atoms with Crippen molar-refractivity contribution in [2.24, 2.45) is 7.05 Å². The van der Waals surface area contributed by atoms with E-state index in [1.54, 1.807) is 23.0 Å². The molecule has 0 amide bonds. The fourth-order valence-corrected chi connectivity index (χ4v) is 2.46. The molecule has 0 spiro atoms. The Balaban J connectivity index is 1.85. The Bertz CT molecular complexity index is 813. The summed E-state index contributed by atoms with van der Waals surface area (Å²) in [5, 5.41) is 8.48. The number of anilines is 1. The van der Waals surface area contributed by atoms with E-state index in [1.807, 2.05) is 20.0 Å². The van der Waals surface area contributed by atoms with Gasteiger partial charge >= 0.3 is 0 Å². The first-order valence-electron chi connectivity index (χ1n) is 6.52. The number of rotatable bonds is 3. The van der Waals surface area contributed by atoms with Crippen LogP contribution in [0.2, 0.25) is 5.02 Å². The third-order valence-corrected chi connectivity index (χ3v) is 3.65. The number of hydrogen-bond acceptors (Lipinski definition) is 3. The van der Waals surface area contributed by atoms with E-state index in [4.69, 9.17) is 11.6 Å². The lowest BCUT2D eigenvalue weighted by molar-refractivity contribution is 0.630. The van der Waals surface area contributed by atoms with E-state index in [9.17, 15) is 4.39 Å². The first-order chi connectivity index (χ1) is 10.1. The number of aryl methyl sites for hydroxylation is 2. The Labute approximate surface area is 126 Å². The normalized spacial score (nSPS) is 11.0. The number of benzene rings is 1. The summed E-state index contributed by atoms with van der Waals surface area (Å²) in [6, 6.07) is 6.90. The van der Waals surface area contributed by atoms with Gasteiger partial charge in [-0.15, -0.1) is 0 Å². The second-order valence-electron chi connectivity index (χ2n) is 4.88. The summed E-state index contributed by atoms with van der Waals surface area (Å²) in [5.41, 5.74) is 3.10. The van der Waals surface area contributed by atoms with E-state index in [1.165, 1.54) is 6.07 Å². The minimum absolute atomic E-state index is 0.108. The molecule has 1 aromatic carbocycles. The highest BCUT2D eigenvalue weighted by atomic mass is 35.5. The van der Waals surface area contributed by atoms with Gasteiger partial charge in [0, 0.05) is 25.2 Å². The van der Waals surface area contributed by atoms with Crippen molar-refractivity contribution in [3.05, 3.63) is 52.6 Å². The van der Waals surface area contributed by atoms with Gasteiger partial charge in [0.15, 0.2) is 11.5 Å². The summed E-state index contributed by atoms with van der Waals surface area (Å²) >= 11 is 5.76. The first kappa shape index (κ1) is 13.8. The summed E-state index contributed by atoms with van der Waals surface area (Å²) < 4.78 is 15.5. The smallest absolute Gasteiger partial charge is 0.164 e. The fraction of sp³-hybridized carbons (Fsp3) is 0.200. The van der Waals surface area contributed by atoms with Crippen LogP contribution in [0.1, 0.15) is 11.3 Å². The molecule has 0 aliphatic carbocycles. The molecule has 0 saturated heterocycles. The molecular weight excluding hydrogens is 291 g/mol. The minimum atomic E-state index is -0.439. The zero-order chi connectivity index (χ0) is 15.0. The number of nitrogens with zero attached hydrogens (tertiary/aromatic N) is 3. The number of hydrogen-bond donors (Lipinski definition) is 1. The lowest BCUT2D eigenvalue weighted by Crippen LogP contribution is -2.02. The number of aromatic nitrogens is 3. The molecule has 1 N–H and O–H groups in total. The molecule has 2 heterocycles. The molecule has 6 heteroatoms. The highest BCUT2D eigenvalue weighted by Gasteiger charge is 2.08. The molecule has 2 aromatic heterocycles. The van der Waals surface area contributed by atoms with Crippen LogP contribution in [0.25, 0.3) is 11.0 Å². The van der Waals surface area contributed by atoms with E-state index in [0.29, 0.717) is 12.2 Å². The molecule has 0 unspecified atom stereocenters. The van der Waals surface area contributed by atoms with Crippen molar-refractivity contribution < 1.29 is 4.39 Å². The lowest BCUT2D eigenvalue weighted by atomic mass is 10.2. The maximum atomic E-state index is 13.8. The summed E-state index contributed by atoms with van der Waals surface area (Å²) in [4.78, 5) is 4.39. The zero-order valence-electron chi connectivity index (χ0n) is 11.7. The molecule has 4 nitrogen and oxygen atoms in total. The first-order valence-corrected chi connectivity index (χ1v) is 6.90. The Hall–Kier alpha value is -2.14. The number of fused-ring (bicyclic) bond motifs is 1. The number of nitrogens with one attached hydrogen (secondary N) is 1. The monoisotopic (exact) mass is 304 g/mol. The summed E-state index contributed by atoms with van der Waals surface area (Å²) in [5.74, 6) is -0.439. The molecule has 108 valence electrons. The van der Waals surface area contributed by atoms with Gasteiger partial charge in [0.1, 0.15) is 0 Å². The fourth-order valence-electron chi connectivity index (χ4n) is 2.29. The molecule has 0 fully saturated rings. The van der Waals surface area contributed by atoms with Crippen LogP contribution in [0, 0.1) is 12.7 Å². The van der Waals surface area contributed by atoms with E-state index in [-0.39, 0.29) is 5.02 Å². The quantitative estimate of drug-likeness (QED) is 0.802. The maximum Gasteiger partial charge on any atom is 0.164 e. The molecular formula is C15H14ClFN4. The highest BCUT2D eigenvalue weighted by Crippen LogP contribution is 2.23. The van der Waals surface area contributed by atoms with Gasteiger partial charge in [-0.1, -0.05) is 17.7 Å². The van der Waals surface area contributed by atoms with Gasteiger partial charge in [-0.25, -0.2) is 9.37 Å². The highest BCUT2D eigenvalue weighted by molar-refractivity contribution is 6.31. The number of halogens is 2. The second-order valence-corrected chi connectivity index (χ2v) is 5.29. The Morgan fingerprint density at radius 2 is 2.19 bits per heavy atom. The minimum Gasteiger partial charge on any atom is -0.378 e. The predicted octanol–water partition coefficient (Wildman–Crippen LogP) is 3.68. The van der Waals surface area contributed by atoms with Crippen molar-refractivity contribution >= 4 is 28.3 Å². The van der Waals surface area contributed by atoms with Crippen LogP contribution < -0.4 is 5.32 Å². The largest absolute Gasteiger partial charge is 0.378 e. The van der Waals surface area contributed by atoms with Crippen LogP contribution in [-0.2, 0) is 13.6 Å². The van der Waals surface area contributed by atoms with Crippen LogP contribution in [0.15, 0.2) is 30.5 Å². The summed E-state index contributed by atoms with van der Waals surface area (Å²) in [7, 11) is 1.86. The molecule has 3 aromatic rings. The zero-order valence-corrected chi connectivity index (χ0v) is 12.4. The molecule has 0 atom stereocenters. The van der Waals surface area contributed by atoms with Crippen molar-refractivity contribution in [3.8, 4) is 0 Å². The molecule has 0 bridgehead atoms. The van der Waals surface area contributed by atoms with Crippen molar-refractivity contribution in [1.82, 2.24) is 14.8 Å². The standard InChI is InChI=1S/C15H14ClFN4/c1-9-11-6-10(8-19-15(11)21(2)20-9)7-18-13-5-3-4-12(16)14(13)17/h3-6,8,18H,7H2,1-2H3. The number of pyridine rings is 1. The predicted molar refractivity (Wildman–Crippen MR) is 82.0 cm³/mol. The molecule has 3 rings (SSSR count). The van der Waals surface area contributed by atoms with Crippen molar-refractivity contribution in [3.63, 3.8) is 0 Å². The van der Waals surface area contributed by atoms with Gasteiger partial charge in [-0.3, -0.25) is 4.68 Å². The third-order valence-electron chi connectivity index (χ3n) is 3.35. The second kappa shape index (κ2) is 5.33. The van der Waals surface area contributed by atoms with Crippen LogP contribution in [0.3, 0.4) is 0 Å². The van der Waals surface area contributed by atoms with E-state index in [0.717, 1.165) is 22.3 Å². The van der Waals surface area contributed by atoms with Gasteiger partial charge < -0.3 is 5.32 Å².